The number of phosphoric ester groups is 1. The first-order valence-corrected chi connectivity index (χ1v) is 6.82. The Balaban J connectivity index is 3.71. The number of hydrogen-bond acceptors (Lipinski definition) is 5. The first-order valence-electron chi connectivity index (χ1n) is 5.36. The lowest BCUT2D eigenvalue weighted by Gasteiger charge is -2.16. The molecule has 0 spiro atoms. The van der Waals surface area contributed by atoms with E-state index in [1.165, 1.54) is 0 Å². The largest absolute Gasteiger partial charge is 0.474 e. The molecule has 0 aliphatic heterocycles. The number of unbranched alkanes of at least 4 members (excludes halogenated alkanes) is 1. The van der Waals surface area contributed by atoms with Gasteiger partial charge in [-0.15, -0.1) is 0 Å². The third-order valence-corrected chi connectivity index (χ3v) is 3.29. The molecule has 0 atom stereocenters. The fourth-order valence-electron chi connectivity index (χ4n) is 1.01. The van der Waals surface area contributed by atoms with Crippen LogP contribution in [0.5, 0.6) is 0 Å². The Morgan fingerprint density at radius 2 is 1.67 bits per heavy atom. The molecule has 0 aliphatic carbocycles. The van der Waals surface area contributed by atoms with Crippen molar-refractivity contribution < 1.29 is 18.1 Å². The predicted octanol–water partition coefficient (Wildman–Crippen LogP) is 2.18. The van der Waals surface area contributed by atoms with Gasteiger partial charge in [-0.3, -0.25) is 13.6 Å². The molecular formula is C9H22NO4P. The monoisotopic (exact) mass is 239 g/mol. The van der Waals surface area contributed by atoms with Crippen LogP contribution in [0, 0.1) is 0 Å². The molecular weight excluding hydrogens is 217 g/mol. The van der Waals surface area contributed by atoms with Crippen LogP contribution in [-0.4, -0.2) is 33.4 Å². The van der Waals surface area contributed by atoms with Gasteiger partial charge in [0, 0.05) is 0 Å². The average molecular weight is 239 g/mol. The Labute approximate surface area is 92.1 Å². The highest BCUT2D eigenvalue weighted by Crippen LogP contribution is 2.49. The molecule has 15 heavy (non-hydrogen) atoms. The standard InChI is InChI=1S/C9H22NO4P/c1-4-12-15(11,13-5-2)14-9-7-6-8-10-3/h10H,4-9H2,1-3H3. The molecule has 0 aromatic carbocycles. The van der Waals surface area contributed by atoms with E-state index in [1.54, 1.807) is 13.8 Å². The summed E-state index contributed by atoms with van der Waals surface area (Å²) in [5, 5.41) is 3.03. The summed E-state index contributed by atoms with van der Waals surface area (Å²) in [7, 11) is -1.39. The summed E-state index contributed by atoms with van der Waals surface area (Å²) >= 11 is 0. The van der Waals surface area contributed by atoms with Gasteiger partial charge in [-0.1, -0.05) is 0 Å². The maximum atomic E-state index is 11.8. The molecule has 92 valence electrons. The Kier molecular flexibility index (Phi) is 9.35. The van der Waals surface area contributed by atoms with Gasteiger partial charge < -0.3 is 5.32 Å². The fraction of sp³-hybridized carbons (Fsp3) is 1.00. The molecule has 0 unspecified atom stereocenters. The maximum Gasteiger partial charge on any atom is 0.474 e. The summed E-state index contributed by atoms with van der Waals surface area (Å²) in [6, 6.07) is 0. The molecule has 0 heterocycles. The zero-order valence-electron chi connectivity index (χ0n) is 9.82. The van der Waals surface area contributed by atoms with Crippen LogP contribution in [0.2, 0.25) is 0 Å². The van der Waals surface area contributed by atoms with E-state index in [2.05, 4.69) is 5.32 Å². The van der Waals surface area contributed by atoms with Crippen LogP contribution in [0.1, 0.15) is 26.7 Å². The van der Waals surface area contributed by atoms with Crippen molar-refractivity contribution in [1.82, 2.24) is 5.32 Å². The minimum absolute atomic E-state index is 0.327. The van der Waals surface area contributed by atoms with E-state index < -0.39 is 7.82 Å². The smallest absolute Gasteiger partial charge is 0.320 e. The van der Waals surface area contributed by atoms with E-state index in [9.17, 15) is 4.57 Å². The van der Waals surface area contributed by atoms with Crippen molar-refractivity contribution in [1.29, 1.82) is 0 Å². The zero-order chi connectivity index (χ0) is 11.6. The van der Waals surface area contributed by atoms with Crippen molar-refractivity contribution in [2.24, 2.45) is 0 Å². The summed E-state index contributed by atoms with van der Waals surface area (Å²) < 4.78 is 26.8. The van der Waals surface area contributed by atoms with Gasteiger partial charge in [0.1, 0.15) is 0 Å². The van der Waals surface area contributed by atoms with Crippen LogP contribution in [0.15, 0.2) is 0 Å². The maximum absolute atomic E-state index is 11.8. The highest BCUT2D eigenvalue weighted by molar-refractivity contribution is 7.48. The lowest BCUT2D eigenvalue weighted by molar-refractivity contribution is 0.120. The topological polar surface area (TPSA) is 56.8 Å². The fourth-order valence-corrected chi connectivity index (χ4v) is 2.22. The zero-order valence-corrected chi connectivity index (χ0v) is 10.7. The summed E-state index contributed by atoms with van der Waals surface area (Å²) in [6.45, 7) is 5.50. The highest BCUT2D eigenvalue weighted by Gasteiger charge is 2.24. The number of rotatable bonds is 10. The molecule has 0 aromatic heterocycles. The second kappa shape index (κ2) is 9.31. The molecule has 0 aromatic rings. The number of hydrogen-bond donors (Lipinski definition) is 1. The van der Waals surface area contributed by atoms with Gasteiger partial charge in [0.2, 0.25) is 0 Å². The van der Waals surface area contributed by atoms with E-state index in [0.717, 1.165) is 19.4 Å². The highest BCUT2D eigenvalue weighted by atomic mass is 31.2. The summed E-state index contributed by atoms with van der Waals surface area (Å²) in [5.41, 5.74) is 0. The molecule has 0 radical (unpaired) electrons. The molecule has 6 heteroatoms. The molecule has 5 nitrogen and oxygen atoms in total. The summed E-state index contributed by atoms with van der Waals surface area (Å²) in [5.74, 6) is 0. The Bertz CT molecular complexity index is 179. The summed E-state index contributed by atoms with van der Waals surface area (Å²) in [4.78, 5) is 0. The first-order chi connectivity index (χ1) is 7.18. The molecule has 0 amide bonds. The lowest BCUT2D eigenvalue weighted by Crippen LogP contribution is -2.08. The predicted molar refractivity (Wildman–Crippen MR) is 60.0 cm³/mol. The van der Waals surface area contributed by atoms with Crippen LogP contribution >= 0.6 is 7.82 Å². The molecule has 0 bridgehead atoms. The van der Waals surface area contributed by atoms with Crippen LogP contribution < -0.4 is 5.32 Å². The summed E-state index contributed by atoms with van der Waals surface area (Å²) in [6.07, 6.45) is 1.82. The van der Waals surface area contributed by atoms with E-state index in [1.807, 2.05) is 7.05 Å². The van der Waals surface area contributed by atoms with Crippen molar-refractivity contribution in [3.63, 3.8) is 0 Å². The molecule has 0 rings (SSSR count). The van der Waals surface area contributed by atoms with Crippen LogP contribution in [-0.2, 0) is 18.1 Å². The first kappa shape index (κ1) is 15.1. The molecule has 0 fully saturated rings. The van der Waals surface area contributed by atoms with Crippen LogP contribution in [0.3, 0.4) is 0 Å². The van der Waals surface area contributed by atoms with Gasteiger partial charge in [-0.05, 0) is 40.3 Å². The number of nitrogens with one attached hydrogen (secondary N) is 1. The molecule has 0 aliphatic rings. The van der Waals surface area contributed by atoms with Crippen molar-refractivity contribution in [3.05, 3.63) is 0 Å². The van der Waals surface area contributed by atoms with E-state index in [-0.39, 0.29) is 0 Å². The molecule has 0 saturated heterocycles. The van der Waals surface area contributed by atoms with E-state index in [0.29, 0.717) is 19.8 Å². The van der Waals surface area contributed by atoms with E-state index >= 15 is 0 Å². The average Bonchev–Trinajstić information content (AvgIpc) is 2.18. The van der Waals surface area contributed by atoms with Crippen LogP contribution in [0.4, 0.5) is 0 Å². The lowest BCUT2D eigenvalue weighted by atomic mass is 10.3. The van der Waals surface area contributed by atoms with Crippen molar-refractivity contribution in [2.45, 2.75) is 26.7 Å². The van der Waals surface area contributed by atoms with Crippen molar-refractivity contribution >= 4 is 7.82 Å². The second-order valence-corrected chi connectivity index (χ2v) is 4.60. The Morgan fingerprint density at radius 3 is 2.13 bits per heavy atom. The molecule has 0 saturated carbocycles. The number of phosphoric acid groups is 1. The minimum atomic E-state index is -3.29. The van der Waals surface area contributed by atoms with Crippen molar-refractivity contribution in [2.75, 3.05) is 33.4 Å². The Hall–Kier alpha value is 0.0700. The van der Waals surface area contributed by atoms with Gasteiger partial charge in [0.15, 0.2) is 0 Å². The SMILES string of the molecule is CCOP(=O)(OCC)OCCCCNC. The molecule has 1 N–H and O–H groups in total. The minimum Gasteiger partial charge on any atom is -0.320 e. The quantitative estimate of drug-likeness (QED) is 0.467. The van der Waals surface area contributed by atoms with E-state index in [4.69, 9.17) is 13.6 Å². The second-order valence-electron chi connectivity index (χ2n) is 2.93. The van der Waals surface area contributed by atoms with Gasteiger partial charge in [0.25, 0.3) is 0 Å². The van der Waals surface area contributed by atoms with Gasteiger partial charge in [-0.25, -0.2) is 4.57 Å². The normalized spacial score (nSPS) is 11.9. The van der Waals surface area contributed by atoms with Crippen LogP contribution in [0.25, 0.3) is 0 Å². The third-order valence-electron chi connectivity index (χ3n) is 1.64. The van der Waals surface area contributed by atoms with Gasteiger partial charge in [-0.2, -0.15) is 0 Å². The Morgan fingerprint density at radius 1 is 1.07 bits per heavy atom. The van der Waals surface area contributed by atoms with Gasteiger partial charge in [0.05, 0.1) is 19.8 Å². The van der Waals surface area contributed by atoms with Crippen molar-refractivity contribution in [3.8, 4) is 0 Å². The third kappa shape index (κ3) is 7.94. The van der Waals surface area contributed by atoms with Gasteiger partial charge >= 0.3 is 7.82 Å².